The molecule has 0 atom stereocenters. The molecule has 0 unspecified atom stereocenters. The van der Waals surface area contributed by atoms with Gasteiger partial charge >= 0.3 is 0 Å². The summed E-state index contributed by atoms with van der Waals surface area (Å²) in [6.45, 7) is 3.37. The number of halogens is 1. The molecule has 0 bridgehead atoms. The van der Waals surface area contributed by atoms with Crippen LogP contribution in [0.5, 0.6) is 0 Å². The quantitative estimate of drug-likeness (QED) is 0.739. The van der Waals surface area contributed by atoms with Gasteiger partial charge in [-0.25, -0.2) is 0 Å². The van der Waals surface area contributed by atoms with Gasteiger partial charge in [0.25, 0.3) is 10.1 Å². The van der Waals surface area contributed by atoms with Crippen molar-refractivity contribution in [1.29, 1.82) is 0 Å². The van der Waals surface area contributed by atoms with E-state index in [2.05, 4.69) is 0 Å². The Bertz CT molecular complexity index is 437. The monoisotopic (exact) mass is 220 g/mol. The highest BCUT2D eigenvalue weighted by molar-refractivity contribution is 7.85. The van der Waals surface area contributed by atoms with Crippen molar-refractivity contribution < 1.29 is 13.0 Å². The second kappa shape index (κ2) is 3.29. The first-order chi connectivity index (χ1) is 5.82. The molecule has 1 N–H and O–H groups in total. The van der Waals surface area contributed by atoms with Crippen LogP contribution in [0.2, 0.25) is 5.02 Å². The third-order valence-electron chi connectivity index (χ3n) is 1.73. The van der Waals surface area contributed by atoms with Gasteiger partial charge in [-0.1, -0.05) is 17.7 Å². The number of rotatable bonds is 1. The van der Waals surface area contributed by atoms with Gasteiger partial charge in [-0.3, -0.25) is 4.55 Å². The minimum Gasteiger partial charge on any atom is -0.282 e. The number of aryl methyl sites for hydroxylation is 2. The molecule has 0 heterocycles. The van der Waals surface area contributed by atoms with Crippen LogP contribution in [0.15, 0.2) is 17.0 Å². The van der Waals surface area contributed by atoms with Crippen molar-refractivity contribution in [3.8, 4) is 0 Å². The van der Waals surface area contributed by atoms with Crippen LogP contribution in [0.4, 0.5) is 0 Å². The summed E-state index contributed by atoms with van der Waals surface area (Å²) < 4.78 is 30.4. The summed E-state index contributed by atoms with van der Waals surface area (Å²) in [4.78, 5) is -0.136. The first-order valence-corrected chi connectivity index (χ1v) is 5.38. The van der Waals surface area contributed by atoms with Gasteiger partial charge in [0, 0.05) is 5.02 Å². The van der Waals surface area contributed by atoms with Gasteiger partial charge in [0.1, 0.15) is 0 Å². The Hall–Kier alpha value is -0.580. The molecule has 0 saturated heterocycles. The smallest absolute Gasteiger partial charge is 0.282 e. The average Bonchev–Trinajstić information content (AvgIpc) is 1.94. The Morgan fingerprint density at radius 2 is 1.77 bits per heavy atom. The molecule has 0 saturated carbocycles. The lowest BCUT2D eigenvalue weighted by atomic mass is 10.2. The molecule has 0 amide bonds. The molecule has 1 aromatic carbocycles. The van der Waals surface area contributed by atoms with Crippen LogP contribution >= 0.6 is 11.6 Å². The number of hydrogen-bond acceptors (Lipinski definition) is 2. The molecule has 0 aliphatic heterocycles. The van der Waals surface area contributed by atoms with E-state index < -0.39 is 10.1 Å². The molecule has 0 aliphatic rings. The fraction of sp³-hybridized carbons (Fsp3) is 0.250. The van der Waals surface area contributed by atoms with Crippen molar-refractivity contribution in [1.82, 2.24) is 0 Å². The maximum absolute atomic E-state index is 10.8. The summed E-state index contributed by atoms with van der Waals surface area (Å²) >= 11 is 5.72. The molecule has 72 valence electrons. The van der Waals surface area contributed by atoms with E-state index >= 15 is 0 Å². The van der Waals surface area contributed by atoms with Crippen LogP contribution in [0, 0.1) is 13.8 Å². The van der Waals surface area contributed by atoms with E-state index in [1.54, 1.807) is 19.9 Å². The summed E-state index contributed by atoms with van der Waals surface area (Å²) in [6.07, 6.45) is 0. The van der Waals surface area contributed by atoms with Crippen molar-refractivity contribution >= 4 is 21.7 Å². The standard InChI is InChI=1S/C8H9ClO3S/c1-5-3-6(2)8(4-7(5)9)13(10,11)12/h3-4H,1-2H3,(H,10,11,12). The van der Waals surface area contributed by atoms with E-state index in [-0.39, 0.29) is 4.90 Å². The molecule has 1 aromatic rings. The highest BCUT2D eigenvalue weighted by atomic mass is 35.5. The van der Waals surface area contributed by atoms with Crippen molar-refractivity contribution in [2.45, 2.75) is 18.7 Å². The van der Waals surface area contributed by atoms with Gasteiger partial charge in [0.2, 0.25) is 0 Å². The highest BCUT2D eigenvalue weighted by Gasteiger charge is 2.14. The van der Waals surface area contributed by atoms with Crippen LogP contribution in [0.1, 0.15) is 11.1 Å². The van der Waals surface area contributed by atoms with Crippen LogP contribution < -0.4 is 0 Å². The van der Waals surface area contributed by atoms with Gasteiger partial charge in [0.15, 0.2) is 0 Å². The molecule has 0 aromatic heterocycles. The molecule has 1 rings (SSSR count). The molecule has 5 heteroatoms. The SMILES string of the molecule is Cc1cc(C)c(S(=O)(=O)O)cc1Cl. The summed E-state index contributed by atoms with van der Waals surface area (Å²) in [7, 11) is -4.16. The molecule has 3 nitrogen and oxygen atoms in total. The third-order valence-corrected chi connectivity index (χ3v) is 3.14. The van der Waals surface area contributed by atoms with Crippen molar-refractivity contribution in [2.24, 2.45) is 0 Å². The fourth-order valence-corrected chi connectivity index (χ4v) is 2.05. The van der Waals surface area contributed by atoms with Gasteiger partial charge in [-0.2, -0.15) is 8.42 Å². The summed E-state index contributed by atoms with van der Waals surface area (Å²) in [6, 6.07) is 2.87. The molecule has 0 fully saturated rings. The minimum absolute atomic E-state index is 0.136. The summed E-state index contributed by atoms with van der Waals surface area (Å²) in [5.74, 6) is 0. The minimum atomic E-state index is -4.16. The number of benzene rings is 1. The Kier molecular flexibility index (Phi) is 2.66. The largest absolute Gasteiger partial charge is 0.294 e. The molecular weight excluding hydrogens is 212 g/mol. The molecular formula is C8H9ClO3S. The molecule has 0 spiro atoms. The lowest BCUT2D eigenvalue weighted by Crippen LogP contribution is -2.01. The second-order valence-electron chi connectivity index (χ2n) is 2.84. The van der Waals surface area contributed by atoms with Crippen LogP contribution in [-0.4, -0.2) is 13.0 Å². The third kappa shape index (κ3) is 2.21. The highest BCUT2D eigenvalue weighted by Crippen LogP contribution is 2.23. The van der Waals surface area contributed by atoms with Crippen molar-refractivity contribution in [3.63, 3.8) is 0 Å². The normalized spacial score (nSPS) is 11.7. The zero-order valence-corrected chi connectivity index (χ0v) is 8.78. The lowest BCUT2D eigenvalue weighted by molar-refractivity contribution is 0.482. The van der Waals surface area contributed by atoms with Gasteiger partial charge in [-0.15, -0.1) is 0 Å². The predicted molar refractivity (Wildman–Crippen MR) is 50.7 cm³/mol. The summed E-state index contributed by atoms with van der Waals surface area (Å²) in [5, 5.41) is 0.332. The summed E-state index contributed by atoms with van der Waals surface area (Å²) in [5.41, 5.74) is 1.27. The zero-order chi connectivity index (χ0) is 10.2. The number of hydrogen-bond donors (Lipinski definition) is 1. The predicted octanol–water partition coefficient (Wildman–Crippen LogP) is 2.20. The van der Waals surface area contributed by atoms with E-state index in [0.717, 1.165) is 5.56 Å². The topological polar surface area (TPSA) is 54.4 Å². The lowest BCUT2D eigenvalue weighted by Gasteiger charge is -2.05. The second-order valence-corrected chi connectivity index (χ2v) is 4.64. The first-order valence-electron chi connectivity index (χ1n) is 3.56. The van der Waals surface area contributed by atoms with Crippen LogP contribution in [-0.2, 0) is 10.1 Å². The average molecular weight is 221 g/mol. The van der Waals surface area contributed by atoms with E-state index in [1.807, 2.05) is 0 Å². The van der Waals surface area contributed by atoms with Crippen molar-refractivity contribution in [3.05, 3.63) is 28.3 Å². The first kappa shape index (κ1) is 10.5. The Morgan fingerprint density at radius 1 is 1.23 bits per heavy atom. The van der Waals surface area contributed by atoms with E-state index in [4.69, 9.17) is 16.2 Å². The van der Waals surface area contributed by atoms with E-state index in [1.165, 1.54) is 6.07 Å². The maximum Gasteiger partial charge on any atom is 0.294 e. The Balaban J connectivity index is 3.50. The van der Waals surface area contributed by atoms with Crippen molar-refractivity contribution in [2.75, 3.05) is 0 Å². The molecule has 13 heavy (non-hydrogen) atoms. The maximum atomic E-state index is 10.8. The van der Waals surface area contributed by atoms with Gasteiger partial charge < -0.3 is 0 Å². The zero-order valence-electron chi connectivity index (χ0n) is 7.20. The fourth-order valence-electron chi connectivity index (χ4n) is 1.09. The molecule has 0 aliphatic carbocycles. The van der Waals surface area contributed by atoms with E-state index in [9.17, 15) is 8.42 Å². The Labute approximate surface area is 82.1 Å². The van der Waals surface area contributed by atoms with Gasteiger partial charge in [0.05, 0.1) is 4.90 Å². The Morgan fingerprint density at radius 3 is 2.23 bits per heavy atom. The van der Waals surface area contributed by atoms with Crippen LogP contribution in [0.25, 0.3) is 0 Å². The van der Waals surface area contributed by atoms with Gasteiger partial charge in [-0.05, 0) is 31.0 Å². The molecule has 0 radical (unpaired) electrons. The van der Waals surface area contributed by atoms with E-state index in [0.29, 0.717) is 10.6 Å². The van der Waals surface area contributed by atoms with Crippen LogP contribution in [0.3, 0.4) is 0 Å².